The minimum Gasteiger partial charge on any atom is -0.355 e. The lowest BCUT2D eigenvalue weighted by molar-refractivity contribution is -0.125. The van der Waals surface area contributed by atoms with Crippen LogP contribution in [0.1, 0.15) is 24.0 Å². The Morgan fingerprint density at radius 3 is 2.73 bits per heavy atom. The summed E-state index contributed by atoms with van der Waals surface area (Å²) in [6.45, 7) is 3.86. The predicted octanol–water partition coefficient (Wildman–Crippen LogP) is 4.27. The molecule has 4 aromatic rings. The van der Waals surface area contributed by atoms with Gasteiger partial charge >= 0.3 is 0 Å². The van der Waals surface area contributed by atoms with E-state index >= 15 is 0 Å². The molecular weight excluding hydrogens is 421 g/mol. The van der Waals surface area contributed by atoms with Gasteiger partial charge in [-0.15, -0.1) is 0 Å². The van der Waals surface area contributed by atoms with Crippen LogP contribution in [0.5, 0.6) is 0 Å². The zero-order valence-electron chi connectivity index (χ0n) is 18.3. The number of rotatable bonds is 5. The van der Waals surface area contributed by atoms with Gasteiger partial charge in [-0.05, 0) is 49.6 Å². The lowest BCUT2D eigenvalue weighted by Crippen LogP contribution is -2.43. The maximum atomic E-state index is 13.4. The van der Waals surface area contributed by atoms with Gasteiger partial charge in [-0.1, -0.05) is 35.0 Å². The number of aryl methyl sites for hydroxylation is 1. The molecule has 8 heteroatoms. The zero-order valence-corrected chi connectivity index (χ0v) is 18.3. The van der Waals surface area contributed by atoms with Crippen LogP contribution in [0.25, 0.3) is 22.4 Å². The van der Waals surface area contributed by atoms with Crippen molar-refractivity contribution in [2.75, 3.05) is 18.0 Å². The van der Waals surface area contributed by atoms with Crippen LogP contribution in [0, 0.1) is 18.7 Å². The molecule has 1 atom stereocenters. The summed E-state index contributed by atoms with van der Waals surface area (Å²) in [7, 11) is 0. The van der Waals surface area contributed by atoms with E-state index in [-0.39, 0.29) is 17.6 Å². The van der Waals surface area contributed by atoms with Gasteiger partial charge < -0.3 is 14.7 Å². The van der Waals surface area contributed by atoms with Crippen molar-refractivity contribution in [1.29, 1.82) is 0 Å². The van der Waals surface area contributed by atoms with Crippen LogP contribution in [-0.4, -0.2) is 34.1 Å². The number of nitrogens with zero attached hydrogens (tertiary/aromatic N) is 4. The molecule has 1 N–H and O–H groups in total. The molecule has 0 bridgehead atoms. The van der Waals surface area contributed by atoms with E-state index in [2.05, 4.69) is 25.3 Å². The number of piperidine rings is 1. The summed E-state index contributed by atoms with van der Waals surface area (Å²) in [5.74, 6) is 0.244. The second kappa shape index (κ2) is 8.97. The second-order valence-corrected chi connectivity index (χ2v) is 8.40. The summed E-state index contributed by atoms with van der Waals surface area (Å²) < 4.78 is 18.8. The quantitative estimate of drug-likeness (QED) is 0.494. The number of halogens is 1. The fourth-order valence-electron chi connectivity index (χ4n) is 4.24. The van der Waals surface area contributed by atoms with Crippen molar-refractivity contribution in [3.05, 3.63) is 71.8 Å². The Morgan fingerprint density at radius 2 is 1.94 bits per heavy atom. The first-order chi connectivity index (χ1) is 16.1. The van der Waals surface area contributed by atoms with E-state index in [0.29, 0.717) is 35.7 Å². The lowest BCUT2D eigenvalue weighted by atomic mass is 9.96. The third-order valence-corrected chi connectivity index (χ3v) is 6.05. The van der Waals surface area contributed by atoms with Crippen molar-refractivity contribution in [3.63, 3.8) is 0 Å². The van der Waals surface area contributed by atoms with Crippen molar-refractivity contribution < 1.29 is 13.7 Å². The minimum atomic E-state index is -0.321. The smallest absolute Gasteiger partial charge is 0.263 e. The lowest BCUT2D eigenvalue weighted by Gasteiger charge is -2.33. The number of fused-ring (bicyclic) bond motifs is 1. The maximum absolute atomic E-state index is 13.4. The number of carbonyl (C=O) groups is 1. The molecule has 0 saturated carbocycles. The van der Waals surface area contributed by atoms with Crippen molar-refractivity contribution in [2.24, 2.45) is 5.92 Å². The predicted molar refractivity (Wildman–Crippen MR) is 123 cm³/mol. The molecule has 1 aliphatic rings. The number of hydrogen-bond donors (Lipinski definition) is 1. The Bertz CT molecular complexity index is 1270. The van der Waals surface area contributed by atoms with Crippen LogP contribution in [0.3, 0.4) is 0 Å². The standard InChI is InChI=1S/C25H24FN5O2/c1-16-4-6-17(7-5-16)13-27-24(32)19-3-2-12-31(14-19)23-21-22(18-8-10-20(26)11-9-18)30-33-25(21)29-15-28-23/h4-11,15,19H,2-3,12-14H2,1H3,(H,27,32). The number of benzene rings is 2. The second-order valence-electron chi connectivity index (χ2n) is 8.40. The van der Waals surface area contributed by atoms with Gasteiger partial charge in [0.15, 0.2) is 0 Å². The molecule has 0 radical (unpaired) electrons. The Labute approximate surface area is 190 Å². The molecule has 5 rings (SSSR count). The minimum absolute atomic E-state index is 0.0367. The number of carbonyl (C=O) groups excluding carboxylic acids is 1. The molecule has 0 spiro atoms. The van der Waals surface area contributed by atoms with Crippen molar-refractivity contribution in [1.82, 2.24) is 20.4 Å². The number of hydrogen-bond acceptors (Lipinski definition) is 6. The number of anilines is 1. The van der Waals surface area contributed by atoms with Crippen LogP contribution in [0.4, 0.5) is 10.2 Å². The molecule has 1 aliphatic heterocycles. The first kappa shape index (κ1) is 21.1. The highest BCUT2D eigenvalue weighted by Gasteiger charge is 2.29. The molecule has 1 saturated heterocycles. The molecule has 1 unspecified atom stereocenters. The van der Waals surface area contributed by atoms with Crippen molar-refractivity contribution in [2.45, 2.75) is 26.3 Å². The SMILES string of the molecule is Cc1ccc(CNC(=O)C2CCCN(c3ncnc4onc(-c5ccc(F)cc5)c34)C2)cc1. The molecule has 2 aromatic heterocycles. The van der Waals surface area contributed by atoms with E-state index in [0.717, 1.165) is 30.5 Å². The van der Waals surface area contributed by atoms with Crippen LogP contribution < -0.4 is 10.2 Å². The maximum Gasteiger partial charge on any atom is 0.263 e. The van der Waals surface area contributed by atoms with E-state index in [1.165, 1.54) is 24.0 Å². The highest BCUT2D eigenvalue weighted by atomic mass is 19.1. The molecule has 168 valence electrons. The summed E-state index contributed by atoms with van der Waals surface area (Å²) in [6.07, 6.45) is 3.13. The summed E-state index contributed by atoms with van der Waals surface area (Å²) in [4.78, 5) is 23.7. The average molecular weight is 445 g/mol. The van der Waals surface area contributed by atoms with E-state index in [1.54, 1.807) is 12.1 Å². The van der Waals surface area contributed by atoms with E-state index < -0.39 is 0 Å². The molecule has 1 amide bonds. The molecule has 7 nitrogen and oxygen atoms in total. The average Bonchev–Trinajstić information content (AvgIpc) is 3.28. The van der Waals surface area contributed by atoms with Crippen LogP contribution >= 0.6 is 0 Å². The normalized spacial score (nSPS) is 16.2. The van der Waals surface area contributed by atoms with Gasteiger partial charge in [0.2, 0.25) is 5.91 Å². The monoisotopic (exact) mass is 445 g/mol. The van der Waals surface area contributed by atoms with E-state index in [1.807, 2.05) is 31.2 Å². The topological polar surface area (TPSA) is 84.2 Å². The molecule has 1 fully saturated rings. The van der Waals surface area contributed by atoms with Gasteiger partial charge in [0, 0.05) is 25.2 Å². The molecular formula is C25H24FN5O2. The fraction of sp³-hybridized carbons (Fsp3) is 0.280. The highest BCUT2D eigenvalue weighted by Crippen LogP contribution is 2.34. The molecule has 3 heterocycles. The fourth-order valence-corrected chi connectivity index (χ4v) is 4.24. The first-order valence-corrected chi connectivity index (χ1v) is 11.0. The van der Waals surface area contributed by atoms with Crippen molar-refractivity contribution >= 4 is 22.8 Å². The summed E-state index contributed by atoms with van der Waals surface area (Å²) in [5.41, 5.74) is 3.91. The summed E-state index contributed by atoms with van der Waals surface area (Å²) in [6, 6.07) is 14.2. The Balaban J connectivity index is 1.36. The molecule has 0 aliphatic carbocycles. The summed E-state index contributed by atoms with van der Waals surface area (Å²) in [5, 5.41) is 7.91. The Hall–Kier alpha value is -3.81. The summed E-state index contributed by atoms with van der Waals surface area (Å²) >= 11 is 0. The van der Waals surface area contributed by atoms with Crippen LogP contribution in [0.2, 0.25) is 0 Å². The van der Waals surface area contributed by atoms with Crippen molar-refractivity contribution in [3.8, 4) is 11.3 Å². The first-order valence-electron chi connectivity index (χ1n) is 11.0. The number of amides is 1. The number of nitrogens with one attached hydrogen (secondary N) is 1. The van der Waals surface area contributed by atoms with Gasteiger partial charge in [-0.25, -0.2) is 9.37 Å². The van der Waals surface area contributed by atoms with Gasteiger partial charge in [0.25, 0.3) is 5.71 Å². The van der Waals surface area contributed by atoms with Crippen LogP contribution in [-0.2, 0) is 11.3 Å². The van der Waals surface area contributed by atoms with E-state index in [4.69, 9.17) is 4.52 Å². The third kappa shape index (κ3) is 4.41. The zero-order chi connectivity index (χ0) is 22.8. The third-order valence-electron chi connectivity index (χ3n) is 6.05. The largest absolute Gasteiger partial charge is 0.355 e. The van der Waals surface area contributed by atoms with Gasteiger partial charge in [0.1, 0.15) is 29.0 Å². The van der Waals surface area contributed by atoms with Gasteiger partial charge in [-0.3, -0.25) is 4.79 Å². The van der Waals surface area contributed by atoms with Gasteiger partial charge in [-0.2, -0.15) is 4.98 Å². The van der Waals surface area contributed by atoms with Crippen LogP contribution in [0.15, 0.2) is 59.4 Å². The Morgan fingerprint density at radius 1 is 1.15 bits per heavy atom. The van der Waals surface area contributed by atoms with Gasteiger partial charge in [0.05, 0.1) is 5.92 Å². The highest BCUT2D eigenvalue weighted by molar-refractivity contribution is 5.98. The Kier molecular flexibility index (Phi) is 5.73. The number of aromatic nitrogens is 3. The van der Waals surface area contributed by atoms with E-state index in [9.17, 15) is 9.18 Å². The molecule has 2 aromatic carbocycles. The molecule has 33 heavy (non-hydrogen) atoms.